The minimum Gasteiger partial charge on any atom is -0.497 e. The number of hydrogen-bond acceptors (Lipinski definition) is 4. The van der Waals surface area contributed by atoms with Crippen molar-refractivity contribution in [2.24, 2.45) is 5.92 Å². The zero-order valence-corrected chi connectivity index (χ0v) is 13.5. The molecule has 1 heterocycles. The van der Waals surface area contributed by atoms with Crippen LogP contribution in [-0.4, -0.2) is 42.4 Å². The van der Waals surface area contributed by atoms with Crippen LogP contribution in [0.15, 0.2) is 24.3 Å². The Kier molecular flexibility index (Phi) is 5.20. The third-order valence-corrected chi connectivity index (χ3v) is 3.47. The Bertz CT molecular complexity index is 615. The number of hydrogen-bond donors (Lipinski definition) is 2. The molecule has 1 atom stereocenters. The smallest absolute Gasteiger partial charge is 0.325 e. The Labute approximate surface area is 135 Å². The number of urea groups is 1. The Balaban J connectivity index is 1.97. The van der Waals surface area contributed by atoms with Crippen molar-refractivity contribution in [2.45, 2.75) is 26.3 Å². The molecule has 0 aliphatic carbocycles. The molecule has 7 heteroatoms. The largest absolute Gasteiger partial charge is 0.497 e. The van der Waals surface area contributed by atoms with Gasteiger partial charge in [0.25, 0.3) is 5.91 Å². The van der Waals surface area contributed by atoms with Crippen LogP contribution in [0.25, 0.3) is 0 Å². The van der Waals surface area contributed by atoms with Gasteiger partial charge in [-0.3, -0.25) is 14.5 Å². The van der Waals surface area contributed by atoms with E-state index in [1.807, 2.05) is 13.8 Å². The van der Waals surface area contributed by atoms with Gasteiger partial charge in [-0.25, -0.2) is 4.79 Å². The molecule has 1 saturated heterocycles. The van der Waals surface area contributed by atoms with Gasteiger partial charge in [-0.15, -0.1) is 0 Å². The highest BCUT2D eigenvalue weighted by molar-refractivity contribution is 6.07. The highest BCUT2D eigenvalue weighted by Crippen LogP contribution is 2.17. The number of methoxy groups -OCH3 is 1. The topological polar surface area (TPSA) is 87.7 Å². The molecular formula is C16H21N3O4. The van der Waals surface area contributed by atoms with Crippen LogP contribution >= 0.6 is 0 Å². The first kappa shape index (κ1) is 16.8. The average Bonchev–Trinajstić information content (AvgIpc) is 2.74. The van der Waals surface area contributed by atoms with E-state index in [2.05, 4.69) is 10.6 Å². The first-order chi connectivity index (χ1) is 10.9. The van der Waals surface area contributed by atoms with Crippen LogP contribution in [0.5, 0.6) is 5.75 Å². The molecule has 0 unspecified atom stereocenters. The fourth-order valence-corrected chi connectivity index (χ4v) is 2.40. The second kappa shape index (κ2) is 7.13. The molecule has 1 aromatic carbocycles. The third kappa shape index (κ3) is 4.21. The standard InChI is InChI=1S/C16H21N3O4/c1-10(2)7-13-15(21)19(16(22)18-13)9-14(20)17-11-5-4-6-12(8-11)23-3/h4-6,8,10,13H,7,9H2,1-3H3,(H,17,20)(H,18,22)/t13-/m0/s1. The first-order valence-corrected chi connectivity index (χ1v) is 7.46. The summed E-state index contributed by atoms with van der Waals surface area (Å²) in [7, 11) is 1.53. The highest BCUT2D eigenvalue weighted by Gasteiger charge is 2.38. The third-order valence-electron chi connectivity index (χ3n) is 3.47. The molecule has 124 valence electrons. The second-order valence-electron chi connectivity index (χ2n) is 5.84. The maximum atomic E-state index is 12.2. The fourth-order valence-electron chi connectivity index (χ4n) is 2.40. The summed E-state index contributed by atoms with van der Waals surface area (Å²) >= 11 is 0. The van der Waals surface area contributed by atoms with Gasteiger partial charge in [-0.2, -0.15) is 0 Å². The summed E-state index contributed by atoms with van der Waals surface area (Å²) in [5.41, 5.74) is 0.542. The van der Waals surface area contributed by atoms with E-state index in [0.29, 0.717) is 17.9 Å². The molecular weight excluding hydrogens is 298 g/mol. The van der Waals surface area contributed by atoms with E-state index in [-0.39, 0.29) is 18.4 Å². The van der Waals surface area contributed by atoms with Crippen LogP contribution in [0.1, 0.15) is 20.3 Å². The van der Waals surface area contributed by atoms with Gasteiger partial charge in [0.2, 0.25) is 5.91 Å². The number of imide groups is 1. The lowest BCUT2D eigenvalue weighted by atomic mass is 10.0. The van der Waals surface area contributed by atoms with Crippen molar-refractivity contribution in [3.05, 3.63) is 24.3 Å². The number of benzene rings is 1. The van der Waals surface area contributed by atoms with Crippen LogP contribution < -0.4 is 15.4 Å². The number of nitrogens with one attached hydrogen (secondary N) is 2. The maximum Gasteiger partial charge on any atom is 0.325 e. The van der Waals surface area contributed by atoms with E-state index in [1.165, 1.54) is 7.11 Å². The molecule has 4 amide bonds. The van der Waals surface area contributed by atoms with Crippen molar-refractivity contribution in [1.82, 2.24) is 10.2 Å². The average molecular weight is 319 g/mol. The summed E-state index contributed by atoms with van der Waals surface area (Å²) in [6.07, 6.45) is 0.554. The molecule has 1 aliphatic heterocycles. The molecule has 2 N–H and O–H groups in total. The summed E-state index contributed by atoms with van der Waals surface area (Å²) in [6, 6.07) is 5.78. The van der Waals surface area contributed by atoms with Crippen LogP contribution in [0, 0.1) is 5.92 Å². The molecule has 0 aromatic heterocycles. The minimum atomic E-state index is -0.549. The molecule has 0 bridgehead atoms. The van der Waals surface area contributed by atoms with Crippen molar-refractivity contribution in [3.8, 4) is 5.75 Å². The Morgan fingerprint density at radius 2 is 2.13 bits per heavy atom. The first-order valence-electron chi connectivity index (χ1n) is 7.46. The predicted octanol–water partition coefficient (Wildman–Crippen LogP) is 1.60. The molecule has 1 aliphatic rings. The number of rotatable bonds is 6. The lowest BCUT2D eigenvalue weighted by Crippen LogP contribution is -2.38. The SMILES string of the molecule is COc1cccc(NC(=O)CN2C(=O)N[C@@H](CC(C)C)C2=O)c1. The summed E-state index contributed by atoms with van der Waals surface area (Å²) in [6.45, 7) is 3.63. The van der Waals surface area contributed by atoms with Crippen molar-refractivity contribution in [3.63, 3.8) is 0 Å². The number of nitrogens with zero attached hydrogens (tertiary/aromatic N) is 1. The van der Waals surface area contributed by atoms with Gasteiger partial charge in [-0.05, 0) is 24.5 Å². The van der Waals surface area contributed by atoms with Crippen molar-refractivity contribution in [2.75, 3.05) is 19.0 Å². The van der Waals surface area contributed by atoms with E-state index in [4.69, 9.17) is 4.74 Å². The van der Waals surface area contributed by atoms with Crippen LogP contribution in [0.4, 0.5) is 10.5 Å². The quantitative estimate of drug-likeness (QED) is 0.780. The van der Waals surface area contributed by atoms with E-state index in [0.717, 1.165) is 4.90 Å². The molecule has 1 fully saturated rings. The maximum absolute atomic E-state index is 12.2. The second-order valence-corrected chi connectivity index (χ2v) is 5.84. The molecule has 1 aromatic rings. The monoisotopic (exact) mass is 319 g/mol. The lowest BCUT2D eigenvalue weighted by molar-refractivity contribution is -0.131. The number of amides is 4. The van der Waals surface area contributed by atoms with Gasteiger partial charge >= 0.3 is 6.03 Å². The molecule has 23 heavy (non-hydrogen) atoms. The predicted molar refractivity (Wildman–Crippen MR) is 85.1 cm³/mol. The molecule has 0 radical (unpaired) electrons. The van der Waals surface area contributed by atoms with E-state index in [9.17, 15) is 14.4 Å². The van der Waals surface area contributed by atoms with Gasteiger partial charge in [-0.1, -0.05) is 19.9 Å². The fraction of sp³-hybridized carbons (Fsp3) is 0.438. The Morgan fingerprint density at radius 3 is 2.78 bits per heavy atom. The zero-order valence-electron chi connectivity index (χ0n) is 13.5. The van der Waals surface area contributed by atoms with Crippen molar-refractivity contribution in [1.29, 1.82) is 0 Å². The molecule has 0 spiro atoms. The van der Waals surface area contributed by atoms with Crippen LogP contribution in [0.3, 0.4) is 0 Å². The van der Waals surface area contributed by atoms with Gasteiger partial charge in [0.1, 0.15) is 18.3 Å². The minimum absolute atomic E-state index is 0.273. The summed E-state index contributed by atoms with van der Waals surface area (Å²) in [5, 5.41) is 5.26. The van der Waals surface area contributed by atoms with Crippen LogP contribution in [0.2, 0.25) is 0 Å². The number of carbonyl (C=O) groups is 3. The van der Waals surface area contributed by atoms with E-state index in [1.54, 1.807) is 24.3 Å². The number of carbonyl (C=O) groups excluding carboxylic acids is 3. The molecule has 0 saturated carbocycles. The Hall–Kier alpha value is -2.57. The summed E-state index contributed by atoms with van der Waals surface area (Å²) < 4.78 is 5.08. The van der Waals surface area contributed by atoms with Gasteiger partial charge in [0.15, 0.2) is 0 Å². The van der Waals surface area contributed by atoms with Gasteiger partial charge in [0.05, 0.1) is 7.11 Å². The van der Waals surface area contributed by atoms with Crippen molar-refractivity contribution < 1.29 is 19.1 Å². The Morgan fingerprint density at radius 1 is 1.39 bits per heavy atom. The number of ether oxygens (including phenoxy) is 1. The van der Waals surface area contributed by atoms with E-state index >= 15 is 0 Å². The van der Waals surface area contributed by atoms with Gasteiger partial charge in [0, 0.05) is 11.8 Å². The highest BCUT2D eigenvalue weighted by atomic mass is 16.5. The summed E-state index contributed by atoms with van der Waals surface area (Å²) in [5.74, 6) is 0.0843. The van der Waals surface area contributed by atoms with Crippen molar-refractivity contribution >= 4 is 23.5 Å². The summed E-state index contributed by atoms with van der Waals surface area (Å²) in [4.78, 5) is 37.1. The van der Waals surface area contributed by atoms with E-state index < -0.39 is 18.0 Å². The lowest BCUT2D eigenvalue weighted by Gasteiger charge is -2.14. The zero-order chi connectivity index (χ0) is 17.0. The van der Waals surface area contributed by atoms with Gasteiger partial charge < -0.3 is 15.4 Å². The molecule has 2 rings (SSSR count). The normalized spacial score (nSPS) is 17.4. The number of anilines is 1. The molecule has 7 nitrogen and oxygen atoms in total. The van der Waals surface area contributed by atoms with Crippen LogP contribution in [-0.2, 0) is 9.59 Å².